The van der Waals surface area contributed by atoms with Crippen LogP contribution in [0.2, 0.25) is 0 Å². The number of thiophene rings is 1. The van der Waals surface area contributed by atoms with Crippen LogP contribution >= 0.6 is 11.3 Å². The predicted octanol–water partition coefficient (Wildman–Crippen LogP) is 2.80. The standard InChI is InChI=1S/C14H19N3OS/c1-2-18-12-6-11(7-12)15-8-10-9-16-17-14(10)13-4-3-5-19-13/h3-5,9,11-12,15H,2,6-8H2,1H3,(H,16,17). The van der Waals surface area contributed by atoms with E-state index >= 15 is 0 Å². The molecule has 1 aliphatic rings. The van der Waals surface area contributed by atoms with Crippen LogP contribution in [0, 0.1) is 0 Å². The van der Waals surface area contributed by atoms with Crippen molar-refractivity contribution in [3.8, 4) is 10.6 Å². The summed E-state index contributed by atoms with van der Waals surface area (Å²) < 4.78 is 5.57. The van der Waals surface area contributed by atoms with Gasteiger partial charge in [-0.15, -0.1) is 11.3 Å². The largest absolute Gasteiger partial charge is 0.378 e. The normalized spacial score (nSPS) is 22.4. The molecule has 0 atom stereocenters. The van der Waals surface area contributed by atoms with Gasteiger partial charge in [-0.05, 0) is 31.2 Å². The molecule has 2 heterocycles. The van der Waals surface area contributed by atoms with Crippen molar-refractivity contribution in [1.82, 2.24) is 15.5 Å². The maximum absolute atomic E-state index is 5.57. The lowest BCUT2D eigenvalue weighted by Gasteiger charge is -2.35. The van der Waals surface area contributed by atoms with E-state index in [2.05, 4.69) is 40.0 Å². The van der Waals surface area contributed by atoms with Gasteiger partial charge in [0.2, 0.25) is 0 Å². The molecule has 0 bridgehead atoms. The Bertz CT molecular complexity index is 503. The number of H-pyrrole nitrogens is 1. The first-order valence-corrected chi connectivity index (χ1v) is 7.66. The van der Waals surface area contributed by atoms with Gasteiger partial charge in [-0.2, -0.15) is 5.10 Å². The van der Waals surface area contributed by atoms with Crippen LogP contribution in [-0.2, 0) is 11.3 Å². The molecule has 0 saturated heterocycles. The lowest BCUT2D eigenvalue weighted by molar-refractivity contribution is -0.0102. The molecule has 0 radical (unpaired) electrons. The van der Waals surface area contributed by atoms with E-state index in [1.807, 2.05) is 6.20 Å². The maximum Gasteiger partial charge on any atom is 0.0794 e. The van der Waals surface area contributed by atoms with Gasteiger partial charge in [-0.25, -0.2) is 0 Å². The van der Waals surface area contributed by atoms with Crippen LogP contribution in [0.3, 0.4) is 0 Å². The predicted molar refractivity (Wildman–Crippen MR) is 77.2 cm³/mol. The zero-order valence-corrected chi connectivity index (χ0v) is 11.9. The van der Waals surface area contributed by atoms with Gasteiger partial charge < -0.3 is 10.1 Å². The molecule has 3 rings (SSSR count). The number of aromatic nitrogens is 2. The fourth-order valence-electron chi connectivity index (χ4n) is 2.44. The van der Waals surface area contributed by atoms with Crippen LogP contribution in [0.4, 0.5) is 0 Å². The minimum absolute atomic E-state index is 0.462. The van der Waals surface area contributed by atoms with Crippen molar-refractivity contribution < 1.29 is 4.74 Å². The SMILES string of the molecule is CCOC1CC(NCc2cn[nH]c2-c2cccs2)C1. The molecular formula is C14H19N3OS. The average Bonchev–Trinajstić information content (AvgIpc) is 3.01. The van der Waals surface area contributed by atoms with Crippen LogP contribution in [-0.4, -0.2) is 29.0 Å². The second-order valence-electron chi connectivity index (χ2n) is 4.87. The van der Waals surface area contributed by atoms with Crippen LogP contribution < -0.4 is 5.32 Å². The number of aromatic amines is 1. The van der Waals surface area contributed by atoms with Gasteiger partial charge in [0.1, 0.15) is 0 Å². The summed E-state index contributed by atoms with van der Waals surface area (Å²) in [7, 11) is 0. The topological polar surface area (TPSA) is 49.9 Å². The Labute approximate surface area is 117 Å². The van der Waals surface area contributed by atoms with E-state index in [1.54, 1.807) is 11.3 Å². The van der Waals surface area contributed by atoms with Crippen LogP contribution in [0.15, 0.2) is 23.7 Å². The monoisotopic (exact) mass is 277 g/mol. The van der Waals surface area contributed by atoms with Crippen LogP contribution in [0.25, 0.3) is 10.6 Å². The molecule has 19 heavy (non-hydrogen) atoms. The smallest absolute Gasteiger partial charge is 0.0794 e. The minimum Gasteiger partial charge on any atom is -0.378 e. The third-order valence-corrected chi connectivity index (χ3v) is 4.45. The lowest BCUT2D eigenvalue weighted by Crippen LogP contribution is -2.45. The van der Waals surface area contributed by atoms with Crippen LogP contribution in [0.5, 0.6) is 0 Å². The highest BCUT2D eigenvalue weighted by atomic mass is 32.1. The highest BCUT2D eigenvalue weighted by molar-refractivity contribution is 7.13. The van der Waals surface area contributed by atoms with Gasteiger partial charge in [0.25, 0.3) is 0 Å². The van der Waals surface area contributed by atoms with E-state index in [0.29, 0.717) is 12.1 Å². The quantitative estimate of drug-likeness (QED) is 0.853. The number of hydrogen-bond acceptors (Lipinski definition) is 4. The highest BCUT2D eigenvalue weighted by Crippen LogP contribution is 2.27. The summed E-state index contributed by atoms with van der Waals surface area (Å²) in [4.78, 5) is 1.25. The Balaban J connectivity index is 1.53. The number of rotatable bonds is 6. The zero-order valence-electron chi connectivity index (χ0n) is 11.1. The molecule has 4 nitrogen and oxygen atoms in total. The Morgan fingerprint density at radius 1 is 1.53 bits per heavy atom. The number of nitrogens with zero attached hydrogens (tertiary/aromatic N) is 1. The summed E-state index contributed by atoms with van der Waals surface area (Å²) in [5.41, 5.74) is 2.38. The summed E-state index contributed by atoms with van der Waals surface area (Å²) in [6, 6.07) is 4.77. The fourth-order valence-corrected chi connectivity index (χ4v) is 3.19. The Hall–Kier alpha value is -1.17. The van der Waals surface area contributed by atoms with Crippen molar-refractivity contribution in [3.63, 3.8) is 0 Å². The molecule has 0 aliphatic heterocycles. The van der Waals surface area contributed by atoms with Crippen molar-refractivity contribution in [3.05, 3.63) is 29.3 Å². The van der Waals surface area contributed by atoms with Crippen molar-refractivity contribution in [2.45, 2.75) is 38.5 Å². The fraction of sp³-hybridized carbons (Fsp3) is 0.500. The van der Waals surface area contributed by atoms with E-state index in [4.69, 9.17) is 4.74 Å². The third kappa shape index (κ3) is 2.88. The van der Waals surface area contributed by atoms with Gasteiger partial charge in [0.15, 0.2) is 0 Å². The Morgan fingerprint density at radius 3 is 3.16 bits per heavy atom. The van der Waals surface area contributed by atoms with Gasteiger partial charge in [-0.1, -0.05) is 6.07 Å². The minimum atomic E-state index is 0.462. The van der Waals surface area contributed by atoms with Crippen LogP contribution in [0.1, 0.15) is 25.3 Å². The number of nitrogens with one attached hydrogen (secondary N) is 2. The summed E-state index contributed by atoms with van der Waals surface area (Å²) in [5, 5.41) is 12.9. The molecule has 2 aromatic heterocycles. The highest BCUT2D eigenvalue weighted by Gasteiger charge is 2.29. The second-order valence-corrected chi connectivity index (χ2v) is 5.82. The Kier molecular flexibility index (Phi) is 3.96. The molecule has 0 amide bonds. The Morgan fingerprint density at radius 2 is 2.42 bits per heavy atom. The van der Waals surface area contributed by atoms with Gasteiger partial charge in [0.05, 0.1) is 22.9 Å². The molecule has 1 aliphatic carbocycles. The molecule has 102 valence electrons. The zero-order chi connectivity index (χ0) is 13.1. The second kappa shape index (κ2) is 5.86. The molecule has 2 N–H and O–H groups in total. The first-order chi connectivity index (χ1) is 9.36. The number of hydrogen-bond donors (Lipinski definition) is 2. The lowest BCUT2D eigenvalue weighted by atomic mass is 9.89. The molecular weight excluding hydrogens is 258 g/mol. The summed E-state index contributed by atoms with van der Waals surface area (Å²) >= 11 is 1.74. The van der Waals surface area contributed by atoms with Gasteiger partial charge in [0, 0.05) is 24.8 Å². The van der Waals surface area contributed by atoms with E-state index in [-0.39, 0.29) is 0 Å². The molecule has 5 heteroatoms. The van der Waals surface area contributed by atoms with Crippen molar-refractivity contribution >= 4 is 11.3 Å². The molecule has 0 aromatic carbocycles. The molecule has 0 spiro atoms. The molecule has 1 fully saturated rings. The van der Waals surface area contributed by atoms with Gasteiger partial charge in [-0.3, -0.25) is 5.10 Å². The molecule has 1 saturated carbocycles. The van der Waals surface area contributed by atoms with E-state index < -0.39 is 0 Å². The van der Waals surface area contributed by atoms with Crippen molar-refractivity contribution in [2.75, 3.05) is 6.61 Å². The summed E-state index contributed by atoms with van der Waals surface area (Å²) in [5.74, 6) is 0. The van der Waals surface area contributed by atoms with E-state index in [1.165, 1.54) is 10.4 Å². The first kappa shape index (κ1) is 12.8. The summed E-state index contributed by atoms with van der Waals surface area (Å²) in [6.45, 7) is 3.74. The van der Waals surface area contributed by atoms with Crippen molar-refractivity contribution in [2.24, 2.45) is 0 Å². The number of ether oxygens (including phenoxy) is 1. The molecule has 0 unspecified atom stereocenters. The maximum atomic E-state index is 5.57. The summed E-state index contributed by atoms with van der Waals surface area (Å²) in [6.07, 6.45) is 4.63. The van der Waals surface area contributed by atoms with Gasteiger partial charge >= 0.3 is 0 Å². The third-order valence-electron chi connectivity index (χ3n) is 3.56. The van der Waals surface area contributed by atoms with Crippen molar-refractivity contribution in [1.29, 1.82) is 0 Å². The van der Waals surface area contributed by atoms with E-state index in [9.17, 15) is 0 Å². The van der Waals surface area contributed by atoms with E-state index in [0.717, 1.165) is 31.7 Å². The molecule has 2 aromatic rings. The first-order valence-electron chi connectivity index (χ1n) is 6.78. The average molecular weight is 277 g/mol.